The number of halogens is 3. The number of carbonyl (C=O) groups is 1. The molecule has 0 heterocycles. The van der Waals surface area contributed by atoms with Gasteiger partial charge in [-0.1, -0.05) is 36.4 Å². The number of benzene rings is 2. The van der Waals surface area contributed by atoms with Crippen LogP contribution in [0.1, 0.15) is 16.7 Å². The second kappa shape index (κ2) is 7.63. The van der Waals surface area contributed by atoms with Crippen molar-refractivity contribution in [2.24, 2.45) is 10.7 Å². The van der Waals surface area contributed by atoms with E-state index in [9.17, 15) is 18.0 Å². The quantitative estimate of drug-likeness (QED) is 0.673. The molecular weight excluding hydrogens is 321 g/mol. The predicted octanol–water partition coefficient (Wildman–Crippen LogP) is 3.21. The lowest BCUT2D eigenvalue weighted by Crippen LogP contribution is -2.21. The van der Waals surface area contributed by atoms with Crippen LogP contribution in [0.5, 0.6) is 5.75 Å². The molecule has 24 heavy (non-hydrogen) atoms. The Bertz CT molecular complexity index is 762. The Labute approximate surface area is 136 Å². The maximum atomic E-state index is 14.2. The van der Waals surface area contributed by atoms with Crippen molar-refractivity contribution in [3.63, 3.8) is 0 Å². The number of aliphatic imine (C=N–C) groups is 1. The Morgan fingerprint density at radius 2 is 1.88 bits per heavy atom. The molecule has 0 aromatic heterocycles. The van der Waals surface area contributed by atoms with Gasteiger partial charge in [0.05, 0.1) is 12.0 Å². The van der Waals surface area contributed by atoms with Crippen LogP contribution < -0.4 is 10.5 Å². The fourth-order valence-electron chi connectivity index (χ4n) is 2.10. The Balaban J connectivity index is 2.32. The zero-order valence-electron chi connectivity index (χ0n) is 12.8. The molecule has 0 fully saturated rings. The van der Waals surface area contributed by atoms with Crippen molar-refractivity contribution >= 4 is 11.7 Å². The molecule has 0 saturated heterocycles. The van der Waals surface area contributed by atoms with Crippen LogP contribution in [0.15, 0.2) is 47.5 Å². The summed E-state index contributed by atoms with van der Waals surface area (Å²) in [5.41, 5.74) is 6.08. The average molecular weight is 336 g/mol. The molecule has 2 N–H and O–H groups in total. The highest BCUT2D eigenvalue weighted by molar-refractivity contribution is 6.06. The molecule has 0 aliphatic rings. The van der Waals surface area contributed by atoms with Gasteiger partial charge in [-0.25, -0.2) is 4.39 Å². The fourth-order valence-corrected chi connectivity index (χ4v) is 2.10. The lowest BCUT2D eigenvalue weighted by molar-refractivity contribution is -0.117. The second-order valence-electron chi connectivity index (χ2n) is 5.00. The molecule has 1 amide bonds. The van der Waals surface area contributed by atoms with Gasteiger partial charge in [-0.2, -0.15) is 13.8 Å². The van der Waals surface area contributed by atoms with Crippen LogP contribution in [0.4, 0.5) is 13.2 Å². The lowest BCUT2D eigenvalue weighted by atomic mass is 10.1. The average Bonchev–Trinajstić information content (AvgIpc) is 2.51. The predicted molar refractivity (Wildman–Crippen MR) is 83.6 cm³/mol. The molecule has 2 rings (SSSR count). The number of hydrogen-bond donors (Lipinski definition) is 1. The van der Waals surface area contributed by atoms with Crippen molar-refractivity contribution in [1.29, 1.82) is 0 Å². The summed E-state index contributed by atoms with van der Waals surface area (Å²) >= 11 is 0. The van der Waals surface area contributed by atoms with Gasteiger partial charge in [0.25, 0.3) is 5.91 Å². The Hall–Kier alpha value is -2.83. The summed E-state index contributed by atoms with van der Waals surface area (Å²) in [6, 6.07) is 11.2. The van der Waals surface area contributed by atoms with Gasteiger partial charge in [-0.15, -0.1) is 0 Å². The van der Waals surface area contributed by atoms with Crippen LogP contribution in [0.25, 0.3) is 0 Å². The number of nitrogens with zero attached hydrogens (tertiary/aromatic N) is 1. The molecule has 0 aliphatic heterocycles. The van der Waals surface area contributed by atoms with Gasteiger partial charge in [0.15, 0.2) is 0 Å². The number of nitrogens with two attached hydrogens (primary N) is 1. The first-order valence-corrected chi connectivity index (χ1v) is 7.03. The molecule has 0 atom stereocenters. The Morgan fingerprint density at radius 1 is 1.21 bits per heavy atom. The highest BCUT2D eigenvalue weighted by Gasteiger charge is 2.19. The summed E-state index contributed by atoms with van der Waals surface area (Å²) in [7, 11) is 0. The zero-order valence-corrected chi connectivity index (χ0v) is 12.8. The number of alkyl halides is 2. The van der Waals surface area contributed by atoms with Crippen molar-refractivity contribution < 1.29 is 22.7 Å². The first-order chi connectivity index (χ1) is 11.4. The summed E-state index contributed by atoms with van der Waals surface area (Å²) in [5.74, 6) is -2.46. The molecule has 0 bridgehead atoms. The van der Waals surface area contributed by atoms with E-state index in [1.54, 1.807) is 30.3 Å². The van der Waals surface area contributed by atoms with E-state index in [1.807, 2.05) is 0 Å². The second-order valence-corrected chi connectivity index (χ2v) is 5.00. The van der Waals surface area contributed by atoms with Crippen molar-refractivity contribution in [3.8, 4) is 5.75 Å². The standard InChI is InChI=1S/C17H15F3N2O2/c1-10-7-8-12(24-17(19)20)14(15(10)18)16(21)22-13(23)9-11-5-3-2-4-6-11/h2-8,17H,9H2,1H3,(H2,21,22,23). The van der Waals surface area contributed by atoms with E-state index in [0.717, 1.165) is 6.07 Å². The molecule has 2 aromatic carbocycles. The van der Waals surface area contributed by atoms with Crippen LogP contribution in [-0.2, 0) is 11.2 Å². The van der Waals surface area contributed by atoms with Crippen LogP contribution in [-0.4, -0.2) is 18.4 Å². The molecule has 0 saturated carbocycles. The molecule has 2 aromatic rings. The topological polar surface area (TPSA) is 64.7 Å². The molecule has 0 aliphatic carbocycles. The minimum Gasteiger partial charge on any atom is -0.434 e. The van der Waals surface area contributed by atoms with Crippen LogP contribution >= 0.6 is 0 Å². The van der Waals surface area contributed by atoms with E-state index < -0.39 is 35.5 Å². The van der Waals surface area contributed by atoms with Gasteiger partial charge >= 0.3 is 6.61 Å². The van der Waals surface area contributed by atoms with Crippen molar-refractivity contribution in [1.82, 2.24) is 0 Å². The molecular formula is C17H15F3N2O2. The van der Waals surface area contributed by atoms with Crippen LogP contribution in [0, 0.1) is 12.7 Å². The smallest absolute Gasteiger partial charge is 0.387 e. The van der Waals surface area contributed by atoms with E-state index in [1.165, 1.54) is 13.0 Å². The van der Waals surface area contributed by atoms with E-state index in [2.05, 4.69) is 9.73 Å². The maximum Gasteiger partial charge on any atom is 0.387 e. The molecule has 4 nitrogen and oxygen atoms in total. The zero-order chi connectivity index (χ0) is 17.7. The monoisotopic (exact) mass is 336 g/mol. The maximum absolute atomic E-state index is 14.2. The fraction of sp³-hybridized carbons (Fsp3) is 0.176. The summed E-state index contributed by atoms with van der Waals surface area (Å²) in [5, 5.41) is 0. The SMILES string of the molecule is Cc1ccc(OC(F)F)c(C(N)=NC(=O)Cc2ccccc2)c1F. The van der Waals surface area contributed by atoms with Crippen molar-refractivity contribution in [2.45, 2.75) is 20.0 Å². The van der Waals surface area contributed by atoms with Gasteiger partial charge in [-0.05, 0) is 24.1 Å². The van der Waals surface area contributed by atoms with Crippen LogP contribution in [0.2, 0.25) is 0 Å². The number of amides is 1. The van der Waals surface area contributed by atoms with Gasteiger partial charge in [0, 0.05) is 0 Å². The van der Waals surface area contributed by atoms with E-state index in [-0.39, 0.29) is 12.0 Å². The third kappa shape index (κ3) is 4.34. The van der Waals surface area contributed by atoms with Crippen LogP contribution in [0.3, 0.4) is 0 Å². The highest BCUT2D eigenvalue weighted by atomic mass is 19.3. The number of carbonyl (C=O) groups excluding carboxylic acids is 1. The van der Waals surface area contributed by atoms with Gasteiger partial charge in [0.1, 0.15) is 17.4 Å². The van der Waals surface area contributed by atoms with E-state index >= 15 is 0 Å². The third-order valence-corrected chi connectivity index (χ3v) is 3.21. The number of aryl methyl sites for hydroxylation is 1. The van der Waals surface area contributed by atoms with Gasteiger partial charge < -0.3 is 10.5 Å². The Morgan fingerprint density at radius 3 is 2.50 bits per heavy atom. The number of rotatable bonds is 5. The lowest BCUT2D eigenvalue weighted by Gasteiger charge is -2.12. The number of hydrogen-bond acceptors (Lipinski definition) is 2. The van der Waals surface area contributed by atoms with Crippen molar-refractivity contribution in [3.05, 3.63) is 65.0 Å². The van der Waals surface area contributed by atoms with E-state index in [4.69, 9.17) is 5.73 Å². The number of ether oxygens (including phenoxy) is 1. The van der Waals surface area contributed by atoms with Crippen molar-refractivity contribution in [2.75, 3.05) is 0 Å². The minimum absolute atomic E-state index is 0.0417. The normalized spacial score (nSPS) is 11.6. The minimum atomic E-state index is -3.15. The molecule has 126 valence electrons. The molecule has 0 radical (unpaired) electrons. The molecule has 0 unspecified atom stereocenters. The summed E-state index contributed by atoms with van der Waals surface area (Å²) < 4.78 is 43.4. The van der Waals surface area contributed by atoms with E-state index in [0.29, 0.717) is 5.56 Å². The summed E-state index contributed by atoms with van der Waals surface area (Å²) in [6.45, 7) is -1.72. The molecule has 0 spiro atoms. The highest BCUT2D eigenvalue weighted by Crippen LogP contribution is 2.25. The first-order valence-electron chi connectivity index (χ1n) is 7.03. The summed E-state index contributed by atoms with van der Waals surface area (Å²) in [4.78, 5) is 15.6. The summed E-state index contributed by atoms with van der Waals surface area (Å²) in [6.07, 6.45) is -0.0417. The number of amidine groups is 1. The third-order valence-electron chi connectivity index (χ3n) is 3.21. The van der Waals surface area contributed by atoms with Gasteiger partial charge in [-0.3, -0.25) is 4.79 Å². The Kier molecular flexibility index (Phi) is 5.57. The first kappa shape index (κ1) is 17.5. The van der Waals surface area contributed by atoms with Gasteiger partial charge in [0.2, 0.25) is 0 Å². The largest absolute Gasteiger partial charge is 0.434 e. The molecule has 7 heteroatoms.